The van der Waals surface area contributed by atoms with Crippen molar-refractivity contribution in [2.45, 2.75) is 12.3 Å². The fourth-order valence-corrected chi connectivity index (χ4v) is 3.73. The molecule has 0 amide bonds. The monoisotopic (exact) mass is 314 g/mol. The number of nitrogens with one attached hydrogen (secondary N) is 1. The summed E-state index contributed by atoms with van der Waals surface area (Å²) in [5.41, 5.74) is 4.40. The highest BCUT2D eigenvalue weighted by molar-refractivity contribution is 6.31. The van der Waals surface area contributed by atoms with Crippen molar-refractivity contribution in [1.82, 2.24) is 9.55 Å². The molecule has 3 N–H and O–H groups in total. The Hall–Kier alpha value is -2.33. The molecular formula is C17H15ClN2O2. The zero-order valence-electron chi connectivity index (χ0n) is 12.0. The molecule has 2 aromatic heterocycles. The lowest BCUT2D eigenvalue weighted by Crippen LogP contribution is -2.13. The van der Waals surface area contributed by atoms with Crippen molar-refractivity contribution >= 4 is 11.6 Å². The standard InChI is InChI=1S/C17H15ClN2O2/c1-20-7-6-10-13(20)8-11(9-4-2-3-5-12(9)18)15-14(10)16(21)19-17(15)22/h2-7,11,19,21-22H,8H2,1H3. The smallest absolute Gasteiger partial charge is 0.199 e. The van der Waals surface area contributed by atoms with Gasteiger partial charge in [0.1, 0.15) is 0 Å². The SMILES string of the molecule is Cn1ccc2c1CC(c1ccccc1Cl)c1c(O)[nH]c(O)c1-2. The molecule has 4 nitrogen and oxygen atoms in total. The zero-order chi connectivity index (χ0) is 15.4. The number of aromatic amines is 1. The lowest BCUT2D eigenvalue weighted by molar-refractivity contribution is 0.422. The van der Waals surface area contributed by atoms with Gasteiger partial charge in [-0.15, -0.1) is 0 Å². The summed E-state index contributed by atoms with van der Waals surface area (Å²) in [6, 6.07) is 9.60. The van der Waals surface area contributed by atoms with E-state index in [0.717, 1.165) is 23.2 Å². The van der Waals surface area contributed by atoms with Gasteiger partial charge in [0.25, 0.3) is 0 Å². The second kappa shape index (κ2) is 4.58. The molecule has 0 saturated carbocycles. The lowest BCUT2D eigenvalue weighted by Gasteiger charge is -2.25. The van der Waals surface area contributed by atoms with E-state index < -0.39 is 0 Å². The normalized spacial score (nSPS) is 16.4. The third-order valence-electron chi connectivity index (χ3n) is 4.50. The predicted octanol–water partition coefficient (Wildman–Crippen LogP) is 3.77. The first kappa shape index (κ1) is 13.3. The minimum absolute atomic E-state index is 0.00305. The highest BCUT2D eigenvalue weighted by Gasteiger charge is 2.35. The van der Waals surface area contributed by atoms with Gasteiger partial charge in [-0.3, -0.25) is 4.98 Å². The number of H-pyrrole nitrogens is 1. The minimum atomic E-state index is -0.0954. The molecule has 0 aliphatic heterocycles. The minimum Gasteiger partial charge on any atom is -0.494 e. The van der Waals surface area contributed by atoms with Crippen LogP contribution in [0.5, 0.6) is 11.8 Å². The number of hydrogen-bond acceptors (Lipinski definition) is 2. The van der Waals surface area contributed by atoms with Crippen LogP contribution >= 0.6 is 11.6 Å². The summed E-state index contributed by atoms with van der Waals surface area (Å²) >= 11 is 6.36. The molecule has 0 radical (unpaired) electrons. The van der Waals surface area contributed by atoms with Gasteiger partial charge in [-0.05, 0) is 24.1 Å². The lowest BCUT2D eigenvalue weighted by atomic mass is 9.79. The maximum absolute atomic E-state index is 10.3. The molecule has 22 heavy (non-hydrogen) atoms. The third-order valence-corrected chi connectivity index (χ3v) is 4.84. The van der Waals surface area contributed by atoms with Crippen molar-refractivity contribution in [1.29, 1.82) is 0 Å². The Bertz CT molecular complexity index is 879. The van der Waals surface area contributed by atoms with E-state index in [4.69, 9.17) is 11.6 Å². The fourth-order valence-electron chi connectivity index (χ4n) is 3.46. The first-order chi connectivity index (χ1) is 10.6. The van der Waals surface area contributed by atoms with E-state index in [9.17, 15) is 10.2 Å². The number of rotatable bonds is 1. The number of aromatic hydroxyl groups is 2. The van der Waals surface area contributed by atoms with Crippen LogP contribution in [0.3, 0.4) is 0 Å². The summed E-state index contributed by atoms with van der Waals surface area (Å²) in [5, 5.41) is 21.1. The van der Waals surface area contributed by atoms with E-state index >= 15 is 0 Å². The van der Waals surface area contributed by atoms with Crippen LogP contribution in [0.15, 0.2) is 36.5 Å². The largest absolute Gasteiger partial charge is 0.494 e. The second-order valence-corrected chi connectivity index (χ2v) is 6.08. The van der Waals surface area contributed by atoms with Crippen molar-refractivity contribution in [3.8, 4) is 22.9 Å². The van der Waals surface area contributed by atoms with Crippen molar-refractivity contribution in [3.63, 3.8) is 0 Å². The molecule has 1 atom stereocenters. The Kier molecular flexibility index (Phi) is 2.78. The summed E-state index contributed by atoms with van der Waals surface area (Å²) in [5.74, 6) is -0.0921. The topological polar surface area (TPSA) is 61.2 Å². The molecule has 0 fully saturated rings. The van der Waals surface area contributed by atoms with Gasteiger partial charge in [0.2, 0.25) is 0 Å². The van der Waals surface area contributed by atoms with Crippen LogP contribution in [0.1, 0.15) is 22.7 Å². The molecule has 5 heteroatoms. The first-order valence-corrected chi connectivity index (χ1v) is 7.48. The van der Waals surface area contributed by atoms with E-state index in [1.807, 2.05) is 48.1 Å². The number of hydrogen-bond donors (Lipinski definition) is 3. The summed E-state index contributed by atoms with van der Waals surface area (Å²) in [6.45, 7) is 0. The molecule has 2 heterocycles. The maximum Gasteiger partial charge on any atom is 0.199 e. The van der Waals surface area contributed by atoms with E-state index in [1.54, 1.807) is 0 Å². The Balaban J connectivity index is 2.01. The Morgan fingerprint density at radius 1 is 1.18 bits per heavy atom. The van der Waals surface area contributed by atoms with Crippen LogP contribution in [0, 0.1) is 0 Å². The highest BCUT2D eigenvalue weighted by Crippen LogP contribution is 2.51. The van der Waals surface area contributed by atoms with Crippen molar-refractivity contribution in [2.75, 3.05) is 0 Å². The Morgan fingerprint density at radius 3 is 2.73 bits per heavy atom. The molecule has 1 unspecified atom stereocenters. The summed E-state index contributed by atoms with van der Waals surface area (Å²) < 4.78 is 2.05. The maximum atomic E-state index is 10.3. The quantitative estimate of drug-likeness (QED) is 0.640. The molecule has 1 aromatic carbocycles. The van der Waals surface area contributed by atoms with Crippen LogP contribution in [-0.2, 0) is 13.5 Å². The number of aromatic nitrogens is 2. The molecular weight excluding hydrogens is 300 g/mol. The van der Waals surface area contributed by atoms with E-state index in [0.29, 0.717) is 16.1 Å². The number of halogens is 1. The van der Waals surface area contributed by atoms with Gasteiger partial charge < -0.3 is 14.8 Å². The summed E-state index contributed by atoms with van der Waals surface area (Å²) in [7, 11) is 1.98. The van der Waals surface area contributed by atoms with Crippen LogP contribution in [0.4, 0.5) is 0 Å². The molecule has 4 rings (SSSR count). The molecule has 3 aromatic rings. The third kappa shape index (κ3) is 1.70. The average molecular weight is 315 g/mol. The van der Waals surface area contributed by atoms with E-state index in [-0.39, 0.29) is 17.7 Å². The van der Waals surface area contributed by atoms with E-state index in [2.05, 4.69) is 4.98 Å². The Morgan fingerprint density at radius 2 is 1.95 bits per heavy atom. The van der Waals surface area contributed by atoms with Crippen LogP contribution in [0.25, 0.3) is 11.1 Å². The van der Waals surface area contributed by atoms with Crippen molar-refractivity contribution < 1.29 is 10.2 Å². The summed E-state index contributed by atoms with van der Waals surface area (Å²) in [6.07, 6.45) is 2.69. The predicted molar refractivity (Wildman–Crippen MR) is 85.5 cm³/mol. The van der Waals surface area contributed by atoms with Gasteiger partial charge in [0.15, 0.2) is 11.8 Å². The van der Waals surface area contributed by atoms with Crippen LogP contribution in [-0.4, -0.2) is 19.8 Å². The fraction of sp³-hybridized carbons (Fsp3) is 0.176. The summed E-state index contributed by atoms with van der Waals surface area (Å²) in [4.78, 5) is 2.65. The average Bonchev–Trinajstić information content (AvgIpc) is 3.00. The van der Waals surface area contributed by atoms with Crippen LogP contribution < -0.4 is 0 Å². The molecule has 1 aliphatic rings. The molecule has 0 spiro atoms. The van der Waals surface area contributed by atoms with Gasteiger partial charge >= 0.3 is 0 Å². The van der Waals surface area contributed by atoms with Crippen molar-refractivity contribution in [2.24, 2.45) is 7.05 Å². The van der Waals surface area contributed by atoms with Crippen LogP contribution in [0.2, 0.25) is 5.02 Å². The van der Waals surface area contributed by atoms with Gasteiger partial charge in [-0.25, -0.2) is 0 Å². The van der Waals surface area contributed by atoms with Gasteiger partial charge in [-0.2, -0.15) is 0 Å². The van der Waals surface area contributed by atoms with Crippen molar-refractivity contribution in [3.05, 3.63) is 58.4 Å². The number of benzene rings is 1. The van der Waals surface area contributed by atoms with Gasteiger partial charge in [0.05, 0.1) is 5.56 Å². The van der Waals surface area contributed by atoms with Gasteiger partial charge in [0, 0.05) is 41.0 Å². The first-order valence-electron chi connectivity index (χ1n) is 7.10. The zero-order valence-corrected chi connectivity index (χ0v) is 12.7. The molecule has 0 saturated heterocycles. The van der Waals surface area contributed by atoms with E-state index in [1.165, 1.54) is 0 Å². The number of nitrogens with zero attached hydrogens (tertiary/aromatic N) is 1. The number of fused-ring (bicyclic) bond motifs is 3. The molecule has 0 bridgehead atoms. The van der Waals surface area contributed by atoms with Gasteiger partial charge in [-0.1, -0.05) is 29.8 Å². The second-order valence-electron chi connectivity index (χ2n) is 5.68. The number of aryl methyl sites for hydroxylation is 1. The molecule has 112 valence electrons. The highest BCUT2D eigenvalue weighted by atomic mass is 35.5. The Labute approximate surface area is 132 Å². The molecule has 1 aliphatic carbocycles.